The summed E-state index contributed by atoms with van der Waals surface area (Å²) < 4.78 is 68.6. The molecule has 0 unspecified atom stereocenters. The van der Waals surface area contributed by atoms with Crippen molar-refractivity contribution < 1.29 is 30.6 Å². The molecule has 1 N–H and O–H groups in total. The van der Waals surface area contributed by atoms with Crippen LogP contribution in [0.5, 0.6) is 0 Å². The SMILES string of the molecule is CC.Cc1cc(C)c(C2=C(OS(C)(=O)=O)C3(CCC(C(F)(F)F)CC3)NC2=O)c(C)c1. The Labute approximate surface area is 182 Å². The summed E-state index contributed by atoms with van der Waals surface area (Å²) in [5.41, 5.74) is 1.92. The van der Waals surface area contributed by atoms with Gasteiger partial charge in [0.25, 0.3) is 5.91 Å². The molecule has 0 radical (unpaired) electrons. The van der Waals surface area contributed by atoms with Crippen molar-refractivity contribution in [1.82, 2.24) is 5.32 Å². The molecule has 0 atom stereocenters. The number of halogens is 3. The van der Waals surface area contributed by atoms with Gasteiger partial charge in [0, 0.05) is 0 Å². The van der Waals surface area contributed by atoms with Crippen LogP contribution in [0.1, 0.15) is 61.8 Å². The molecule has 3 rings (SSSR count). The van der Waals surface area contributed by atoms with E-state index < -0.39 is 33.7 Å². The molecule has 1 spiro atoms. The fourth-order valence-electron chi connectivity index (χ4n) is 4.54. The summed E-state index contributed by atoms with van der Waals surface area (Å²) in [7, 11) is -4.00. The number of rotatable bonds is 3. The monoisotopic (exact) mass is 461 g/mol. The molecule has 0 aromatic heterocycles. The first kappa shape index (κ1) is 25.2. The lowest BCUT2D eigenvalue weighted by Crippen LogP contribution is -2.49. The van der Waals surface area contributed by atoms with Crippen molar-refractivity contribution >= 4 is 21.6 Å². The third-order valence-corrected chi connectivity index (χ3v) is 6.17. The Hall–Kier alpha value is -2.03. The molecule has 0 saturated heterocycles. The highest BCUT2D eigenvalue weighted by Crippen LogP contribution is 2.49. The maximum atomic E-state index is 13.1. The van der Waals surface area contributed by atoms with Crippen molar-refractivity contribution in [2.45, 2.75) is 72.0 Å². The van der Waals surface area contributed by atoms with Gasteiger partial charge in [-0.1, -0.05) is 31.5 Å². The Morgan fingerprint density at radius 2 is 1.55 bits per heavy atom. The Balaban J connectivity index is 0.00000166. The van der Waals surface area contributed by atoms with Crippen molar-refractivity contribution in [3.63, 3.8) is 0 Å². The van der Waals surface area contributed by atoms with Crippen LogP contribution in [0.3, 0.4) is 0 Å². The molecule has 1 heterocycles. The minimum Gasteiger partial charge on any atom is -0.384 e. The van der Waals surface area contributed by atoms with Crippen LogP contribution in [0, 0.1) is 26.7 Å². The van der Waals surface area contributed by atoms with Gasteiger partial charge in [0.1, 0.15) is 5.54 Å². The van der Waals surface area contributed by atoms with Crippen LogP contribution in [-0.4, -0.2) is 32.3 Å². The summed E-state index contributed by atoms with van der Waals surface area (Å²) in [6.07, 6.45) is -3.95. The maximum absolute atomic E-state index is 13.1. The van der Waals surface area contributed by atoms with Gasteiger partial charge in [0.2, 0.25) is 0 Å². The molecule has 1 aliphatic carbocycles. The van der Waals surface area contributed by atoms with E-state index in [4.69, 9.17) is 4.18 Å². The molecule has 1 aromatic carbocycles. The molecule has 9 heteroatoms. The van der Waals surface area contributed by atoms with Crippen molar-refractivity contribution in [2.75, 3.05) is 6.26 Å². The average Bonchev–Trinajstić information content (AvgIpc) is 2.86. The van der Waals surface area contributed by atoms with Gasteiger partial charge in [-0.3, -0.25) is 4.79 Å². The van der Waals surface area contributed by atoms with E-state index in [2.05, 4.69) is 5.32 Å². The van der Waals surface area contributed by atoms with Crippen molar-refractivity contribution in [3.05, 3.63) is 40.1 Å². The third kappa shape index (κ3) is 5.25. The number of hydrogen-bond donors (Lipinski definition) is 1. The standard InChI is InChI=1S/C20H24F3NO4S.C2H6/c1-11-9-12(2)15(13(3)10-11)16-17(28-29(4,26)27)19(24-18(16)25)7-5-14(6-8-19)20(21,22)23;1-2/h9-10,14H,5-8H2,1-4H3,(H,24,25);1-2H3. The third-order valence-electron chi connectivity index (χ3n) is 5.71. The molecule has 1 saturated carbocycles. The predicted molar refractivity (Wildman–Crippen MR) is 114 cm³/mol. The van der Waals surface area contributed by atoms with Gasteiger partial charge in [0.05, 0.1) is 17.7 Å². The lowest BCUT2D eigenvalue weighted by Gasteiger charge is -2.38. The average molecular weight is 462 g/mol. The number of aryl methyl sites for hydroxylation is 3. The molecule has 31 heavy (non-hydrogen) atoms. The molecule has 174 valence electrons. The maximum Gasteiger partial charge on any atom is 0.391 e. The lowest BCUT2D eigenvalue weighted by atomic mass is 9.75. The normalized spacial score (nSPS) is 24.0. The van der Waals surface area contributed by atoms with Crippen LogP contribution < -0.4 is 5.32 Å². The lowest BCUT2D eigenvalue weighted by molar-refractivity contribution is -0.184. The molecular formula is C22H30F3NO4S. The van der Waals surface area contributed by atoms with Crippen molar-refractivity contribution in [2.24, 2.45) is 5.92 Å². The quantitative estimate of drug-likeness (QED) is 0.647. The van der Waals surface area contributed by atoms with E-state index in [0.717, 1.165) is 22.9 Å². The number of benzene rings is 1. The van der Waals surface area contributed by atoms with E-state index in [0.29, 0.717) is 5.56 Å². The van der Waals surface area contributed by atoms with Crippen LogP contribution in [-0.2, 0) is 19.1 Å². The number of alkyl halides is 3. The predicted octanol–water partition coefficient (Wildman–Crippen LogP) is 4.95. The van der Waals surface area contributed by atoms with E-state index >= 15 is 0 Å². The highest BCUT2D eigenvalue weighted by atomic mass is 32.2. The highest BCUT2D eigenvalue weighted by Gasteiger charge is 2.54. The fraction of sp³-hybridized carbons (Fsp3) is 0.591. The zero-order chi connectivity index (χ0) is 23.8. The summed E-state index contributed by atoms with van der Waals surface area (Å²) in [5, 5.41) is 2.76. The zero-order valence-corrected chi connectivity index (χ0v) is 19.6. The van der Waals surface area contributed by atoms with E-state index in [-0.39, 0.29) is 37.0 Å². The smallest absolute Gasteiger partial charge is 0.384 e. The summed E-state index contributed by atoms with van der Waals surface area (Å²) in [6, 6.07) is 3.73. The second-order valence-corrected chi connectivity index (χ2v) is 9.69. The van der Waals surface area contributed by atoms with Crippen LogP contribution in [0.4, 0.5) is 13.2 Å². The van der Waals surface area contributed by atoms with Crippen molar-refractivity contribution in [1.29, 1.82) is 0 Å². The van der Waals surface area contributed by atoms with E-state index in [9.17, 15) is 26.4 Å². The van der Waals surface area contributed by atoms with Gasteiger partial charge in [-0.15, -0.1) is 0 Å². The van der Waals surface area contributed by atoms with Gasteiger partial charge in [0.15, 0.2) is 5.76 Å². The summed E-state index contributed by atoms with van der Waals surface area (Å²) in [4.78, 5) is 12.9. The Bertz CT molecular complexity index is 965. The number of amides is 1. The molecule has 1 aliphatic heterocycles. The summed E-state index contributed by atoms with van der Waals surface area (Å²) in [5.74, 6) is -2.08. The minimum atomic E-state index is -4.32. The van der Waals surface area contributed by atoms with E-state index in [1.807, 2.05) is 32.9 Å². The number of carbonyl (C=O) groups is 1. The van der Waals surface area contributed by atoms with Crippen LogP contribution in [0.15, 0.2) is 17.9 Å². The van der Waals surface area contributed by atoms with Gasteiger partial charge < -0.3 is 9.50 Å². The molecule has 5 nitrogen and oxygen atoms in total. The molecule has 1 aromatic rings. The molecule has 1 fully saturated rings. The van der Waals surface area contributed by atoms with Crippen LogP contribution >= 0.6 is 0 Å². The van der Waals surface area contributed by atoms with Crippen molar-refractivity contribution in [3.8, 4) is 0 Å². The zero-order valence-electron chi connectivity index (χ0n) is 18.7. The van der Waals surface area contributed by atoms with Gasteiger partial charge >= 0.3 is 16.3 Å². The molecule has 1 amide bonds. The number of nitrogens with one attached hydrogen (secondary N) is 1. The van der Waals surface area contributed by atoms with E-state index in [1.165, 1.54) is 0 Å². The first-order valence-corrected chi connectivity index (χ1v) is 12.2. The van der Waals surface area contributed by atoms with Gasteiger partial charge in [-0.2, -0.15) is 21.6 Å². The number of carbonyl (C=O) groups excluding carboxylic acids is 1. The molecular weight excluding hydrogens is 431 g/mol. The summed E-state index contributed by atoms with van der Waals surface area (Å²) >= 11 is 0. The minimum absolute atomic E-state index is 0.0404. The fourth-order valence-corrected chi connectivity index (χ4v) is 5.09. The Kier molecular flexibility index (Phi) is 7.20. The van der Waals surface area contributed by atoms with Gasteiger partial charge in [-0.25, -0.2) is 0 Å². The second kappa shape index (κ2) is 8.84. The summed E-state index contributed by atoms with van der Waals surface area (Å²) in [6.45, 7) is 9.51. The molecule has 2 aliphatic rings. The Morgan fingerprint density at radius 1 is 1.06 bits per heavy atom. The van der Waals surface area contributed by atoms with Crippen LogP contribution in [0.25, 0.3) is 5.57 Å². The Morgan fingerprint density at radius 3 is 1.97 bits per heavy atom. The van der Waals surface area contributed by atoms with Gasteiger partial charge in [-0.05, 0) is 63.1 Å². The highest BCUT2D eigenvalue weighted by molar-refractivity contribution is 7.86. The first-order valence-electron chi connectivity index (χ1n) is 10.4. The molecule has 0 bridgehead atoms. The number of hydrogen-bond acceptors (Lipinski definition) is 4. The largest absolute Gasteiger partial charge is 0.391 e. The van der Waals surface area contributed by atoms with E-state index in [1.54, 1.807) is 13.8 Å². The topological polar surface area (TPSA) is 72.5 Å². The van der Waals surface area contributed by atoms with Crippen LogP contribution in [0.2, 0.25) is 0 Å². The second-order valence-electron chi connectivity index (χ2n) is 8.12. The first-order chi connectivity index (χ1) is 14.2.